The second-order valence-electron chi connectivity index (χ2n) is 7.13. The summed E-state index contributed by atoms with van der Waals surface area (Å²) in [6, 6.07) is 22.3. The molecule has 0 saturated carbocycles. The Bertz CT molecular complexity index is 861. The molecule has 1 heterocycles. The van der Waals surface area contributed by atoms with Crippen LogP contribution in [0.2, 0.25) is 0 Å². The molecule has 1 amide bonds. The molecule has 0 aliphatic heterocycles. The van der Waals surface area contributed by atoms with E-state index < -0.39 is 0 Å². The Morgan fingerprint density at radius 3 is 2.36 bits per heavy atom. The maximum Gasteiger partial charge on any atom is 0.227 e. The third kappa shape index (κ3) is 5.43. The second-order valence-corrected chi connectivity index (χ2v) is 7.13. The Morgan fingerprint density at radius 2 is 1.71 bits per heavy atom. The summed E-state index contributed by atoms with van der Waals surface area (Å²) in [7, 11) is 4.06. The number of amides is 1. The second kappa shape index (κ2) is 9.70. The van der Waals surface area contributed by atoms with Gasteiger partial charge in [0.2, 0.25) is 5.91 Å². The minimum atomic E-state index is -0.221. The number of hydrogen-bond acceptors (Lipinski definition) is 3. The first kappa shape index (κ1) is 19.6. The van der Waals surface area contributed by atoms with Gasteiger partial charge in [0.25, 0.3) is 0 Å². The fraction of sp³-hybridized carbons (Fsp3) is 0.250. The summed E-state index contributed by atoms with van der Waals surface area (Å²) >= 11 is 0. The molecule has 4 nitrogen and oxygen atoms in total. The molecule has 3 aromatic rings. The highest BCUT2D eigenvalue weighted by Crippen LogP contribution is 2.21. The fourth-order valence-corrected chi connectivity index (χ4v) is 3.22. The van der Waals surface area contributed by atoms with Gasteiger partial charge in [-0.25, -0.2) is 0 Å². The van der Waals surface area contributed by atoms with Crippen LogP contribution in [0.3, 0.4) is 0 Å². The topological polar surface area (TPSA) is 45.2 Å². The Morgan fingerprint density at radius 1 is 0.964 bits per heavy atom. The van der Waals surface area contributed by atoms with Gasteiger partial charge < -0.3 is 10.2 Å². The molecule has 0 fully saturated rings. The van der Waals surface area contributed by atoms with E-state index in [0.29, 0.717) is 13.0 Å². The normalized spacial score (nSPS) is 11.6. The number of carbonyl (C=O) groups excluding carboxylic acids is 1. The third-order valence-electron chi connectivity index (χ3n) is 4.85. The van der Waals surface area contributed by atoms with Gasteiger partial charge in [0.1, 0.15) is 0 Å². The van der Waals surface area contributed by atoms with Gasteiger partial charge in [0, 0.05) is 38.7 Å². The minimum Gasteiger partial charge on any atom is -0.378 e. The maximum atomic E-state index is 12.9. The number of hydrogen-bond donors (Lipinski definition) is 1. The van der Waals surface area contributed by atoms with Crippen LogP contribution in [-0.4, -0.2) is 31.5 Å². The maximum absolute atomic E-state index is 12.9. The Labute approximate surface area is 167 Å². The predicted octanol–water partition coefficient (Wildman–Crippen LogP) is 3.83. The smallest absolute Gasteiger partial charge is 0.227 e. The molecule has 0 bridgehead atoms. The zero-order valence-corrected chi connectivity index (χ0v) is 16.5. The lowest BCUT2D eigenvalue weighted by Crippen LogP contribution is -2.32. The van der Waals surface area contributed by atoms with Crippen LogP contribution in [0.15, 0.2) is 79.1 Å². The van der Waals surface area contributed by atoms with E-state index in [9.17, 15) is 4.79 Å². The number of anilines is 1. The number of benzene rings is 2. The van der Waals surface area contributed by atoms with Crippen molar-refractivity contribution in [2.24, 2.45) is 0 Å². The van der Waals surface area contributed by atoms with Crippen LogP contribution in [0, 0.1) is 0 Å². The quantitative estimate of drug-likeness (QED) is 0.653. The van der Waals surface area contributed by atoms with E-state index in [1.165, 1.54) is 11.3 Å². The highest BCUT2D eigenvalue weighted by molar-refractivity contribution is 5.84. The molecule has 1 aromatic heterocycles. The first-order chi connectivity index (χ1) is 13.6. The molecular weight excluding hydrogens is 346 g/mol. The summed E-state index contributed by atoms with van der Waals surface area (Å²) in [4.78, 5) is 19.2. The van der Waals surface area contributed by atoms with Crippen molar-refractivity contribution in [3.8, 4) is 0 Å². The van der Waals surface area contributed by atoms with E-state index in [1.807, 2.05) is 62.8 Å². The molecule has 0 saturated heterocycles. The van der Waals surface area contributed by atoms with Crippen molar-refractivity contribution < 1.29 is 4.79 Å². The molecule has 4 heteroatoms. The Balaban J connectivity index is 1.62. The van der Waals surface area contributed by atoms with Gasteiger partial charge in [-0.15, -0.1) is 0 Å². The number of aromatic nitrogens is 1. The first-order valence-electron chi connectivity index (χ1n) is 9.61. The number of nitrogens with one attached hydrogen (secondary N) is 1. The van der Waals surface area contributed by atoms with Gasteiger partial charge in [0.05, 0.1) is 5.92 Å². The number of pyridine rings is 1. The van der Waals surface area contributed by atoms with E-state index in [2.05, 4.69) is 39.5 Å². The van der Waals surface area contributed by atoms with Crippen molar-refractivity contribution in [2.75, 3.05) is 25.5 Å². The van der Waals surface area contributed by atoms with Crippen molar-refractivity contribution in [2.45, 2.75) is 18.8 Å². The number of rotatable bonds is 8. The molecule has 0 spiro atoms. The molecule has 3 rings (SSSR count). The van der Waals surface area contributed by atoms with Crippen molar-refractivity contribution in [1.29, 1.82) is 0 Å². The zero-order chi connectivity index (χ0) is 19.8. The summed E-state index contributed by atoms with van der Waals surface area (Å²) in [6.45, 7) is 0.622. The van der Waals surface area contributed by atoms with Gasteiger partial charge >= 0.3 is 0 Å². The summed E-state index contributed by atoms with van der Waals surface area (Å²) in [6.07, 6.45) is 5.03. The fourth-order valence-electron chi connectivity index (χ4n) is 3.22. The average Bonchev–Trinajstić information content (AvgIpc) is 2.73. The SMILES string of the molecule is CN(C)c1ccc(CCNC(=O)C(Cc2cccnc2)c2ccccc2)cc1. The van der Waals surface area contributed by atoms with Crippen molar-refractivity contribution in [3.05, 3.63) is 95.8 Å². The van der Waals surface area contributed by atoms with Gasteiger partial charge in [-0.3, -0.25) is 9.78 Å². The van der Waals surface area contributed by atoms with Crippen LogP contribution in [0.5, 0.6) is 0 Å². The molecule has 0 radical (unpaired) electrons. The van der Waals surface area contributed by atoms with E-state index in [4.69, 9.17) is 0 Å². The van der Waals surface area contributed by atoms with E-state index in [0.717, 1.165) is 17.5 Å². The summed E-state index contributed by atoms with van der Waals surface area (Å²) < 4.78 is 0. The molecule has 2 aromatic carbocycles. The first-order valence-corrected chi connectivity index (χ1v) is 9.61. The predicted molar refractivity (Wildman–Crippen MR) is 115 cm³/mol. The molecule has 0 aliphatic rings. The minimum absolute atomic E-state index is 0.0555. The average molecular weight is 374 g/mol. The summed E-state index contributed by atoms with van der Waals surface area (Å²) in [5.74, 6) is -0.165. The third-order valence-corrected chi connectivity index (χ3v) is 4.85. The van der Waals surface area contributed by atoms with Crippen LogP contribution >= 0.6 is 0 Å². The molecule has 1 N–H and O–H groups in total. The van der Waals surface area contributed by atoms with Gasteiger partial charge in [0.15, 0.2) is 0 Å². The van der Waals surface area contributed by atoms with Gasteiger partial charge in [-0.2, -0.15) is 0 Å². The van der Waals surface area contributed by atoms with Crippen LogP contribution in [-0.2, 0) is 17.6 Å². The number of nitrogens with zero attached hydrogens (tertiary/aromatic N) is 2. The molecule has 0 aliphatic carbocycles. The van der Waals surface area contributed by atoms with E-state index >= 15 is 0 Å². The highest BCUT2D eigenvalue weighted by atomic mass is 16.1. The molecule has 1 unspecified atom stereocenters. The highest BCUT2D eigenvalue weighted by Gasteiger charge is 2.20. The van der Waals surface area contributed by atoms with Crippen LogP contribution < -0.4 is 10.2 Å². The Hall–Kier alpha value is -3.14. The van der Waals surface area contributed by atoms with E-state index in [-0.39, 0.29) is 11.8 Å². The standard InChI is InChI=1S/C24H27N3O/c1-27(2)22-12-10-19(11-13-22)14-16-26-24(28)23(21-8-4-3-5-9-21)17-20-7-6-15-25-18-20/h3-13,15,18,23H,14,16-17H2,1-2H3,(H,26,28). The largest absolute Gasteiger partial charge is 0.378 e. The Kier molecular flexibility index (Phi) is 6.79. The van der Waals surface area contributed by atoms with Crippen LogP contribution in [0.1, 0.15) is 22.6 Å². The van der Waals surface area contributed by atoms with Gasteiger partial charge in [-0.05, 0) is 47.7 Å². The number of carbonyl (C=O) groups is 1. The lowest BCUT2D eigenvalue weighted by Gasteiger charge is -2.18. The van der Waals surface area contributed by atoms with Crippen LogP contribution in [0.4, 0.5) is 5.69 Å². The summed E-state index contributed by atoms with van der Waals surface area (Å²) in [5.41, 5.74) is 4.48. The zero-order valence-electron chi connectivity index (χ0n) is 16.5. The lowest BCUT2D eigenvalue weighted by molar-refractivity contribution is -0.122. The summed E-state index contributed by atoms with van der Waals surface area (Å²) in [5, 5.41) is 3.12. The van der Waals surface area contributed by atoms with E-state index in [1.54, 1.807) is 6.20 Å². The van der Waals surface area contributed by atoms with Crippen LogP contribution in [0.25, 0.3) is 0 Å². The molecule has 28 heavy (non-hydrogen) atoms. The molecular formula is C24H27N3O. The monoisotopic (exact) mass is 373 g/mol. The van der Waals surface area contributed by atoms with Crippen molar-refractivity contribution >= 4 is 11.6 Å². The van der Waals surface area contributed by atoms with Crippen molar-refractivity contribution in [3.63, 3.8) is 0 Å². The molecule has 144 valence electrons. The lowest BCUT2D eigenvalue weighted by atomic mass is 9.91. The van der Waals surface area contributed by atoms with Crippen molar-refractivity contribution in [1.82, 2.24) is 10.3 Å². The molecule has 1 atom stereocenters. The van der Waals surface area contributed by atoms with Gasteiger partial charge in [-0.1, -0.05) is 48.5 Å².